The first-order valence-electron chi connectivity index (χ1n) is 21.1. The molecule has 62 heavy (non-hydrogen) atoms. The highest BCUT2D eigenvalue weighted by atomic mass is 16.3. The molecule has 0 atom stereocenters. The minimum atomic E-state index is 0.829. The van der Waals surface area contributed by atoms with E-state index in [1.54, 1.807) is 0 Å². The number of benzene rings is 10. The summed E-state index contributed by atoms with van der Waals surface area (Å²) in [6, 6.07) is 77.8. The van der Waals surface area contributed by atoms with Gasteiger partial charge in [0.15, 0.2) is 5.58 Å². The van der Waals surface area contributed by atoms with Gasteiger partial charge < -0.3 is 18.3 Å². The maximum Gasteiger partial charge on any atom is 0.159 e. The van der Waals surface area contributed by atoms with Gasteiger partial charge in [-0.3, -0.25) is 0 Å². The zero-order valence-electron chi connectivity index (χ0n) is 33.5. The fourth-order valence-electron chi connectivity index (χ4n) is 9.73. The highest BCUT2D eigenvalue weighted by molar-refractivity contribution is 6.22. The lowest BCUT2D eigenvalue weighted by Crippen LogP contribution is -2.09. The van der Waals surface area contributed by atoms with Crippen LogP contribution >= 0.6 is 0 Å². The largest absolute Gasteiger partial charge is 0.455 e. The predicted molar refractivity (Wildman–Crippen MR) is 258 cm³/mol. The summed E-state index contributed by atoms with van der Waals surface area (Å²) in [5.41, 5.74) is 14.4. The number of rotatable bonds is 6. The van der Waals surface area contributed by atoms with Crippen molar-refractivity contribution in [3.05, 3.63) is 218 Å². The zero-order chi connectivity index (χ0) is 40.7. The second kappa shape index (κ2) is 13.6. The van der Waals surface area contributed by atoms with Gasteiger partial charge in [-0.1, -0.05) is 152 Å². The maximum absolute atomic E-state index is 7.02. The van der Waals surface area contributed by atoms with Crippen molar-refractivity contribution in [2.24, 2.45) is 0 Å². The Bertz CT molecular complexity index is 3850. The molecule has 13 rings (SSSR count). The van der Waals surface area contributed by atoms with Gasteiger partial charge in [0.25, 0.3) is 0 Å². The Hall–Kier alpha value is -8.34. The first-order valence-corrected chi connectivity index (χ1v) is 21.1. The van der Waals surface area contributed by atoms with E-state index in [0.29, 0.717) is 0 Å². The molecule has 0 saturated heterocycles. The molecular formula is C58H36N2O2. The number of fused-ring (bicyclic) bond motifs is 11. The lowest BCUT2D eigenvalue weighted by molar-refractivity contribution is 0.666. The van der Waals surface area contributed by atoms with E-state index in [-0.39, 0.29) is 0 Å². The smallest absolute Gasteiger partial charge is 0.159 e. The number of para-hydroxylation sites is 4. The Balaban J connectivity index is 0.964. The van der Waals surface area contributed by atoms with Gasteiger partial charge in [-0.15, -0.1) is 0 Å². The summed E-state index contributed by atoms with van der Waals surface area (Å²) in [6.45, 7) is 0. The third-order valence-electron chi connectivity index (χ3n) is 12.6. The average molecular weight is 793 g/mol. The second-order valence-electron chi connectivity index (χ2n) is 16.0. The van der Waals surface area contributed by atoms with Crippen molar-refractivity contribution in [2.45, 2.75) is 0 Å². The van der Waals surface area contributed by atoms with Gasteiger partial charge >= 0.3 is 0 Å². The molecule has 0 bridgehead atoms. The van der Waals surface area contributed by atoms with Crippen LogP contribution < -0.4 is 4.90 Å². The van der Waals surface area contributed by atoms with E-state index in [2.05, 4.69) is 216 Å². The summed E-state index contributed by atoms with van der Waals surface area (Å²) in [6.07, 6.45) is 0. The van der Waals surface area contributed by atoms with Crippen LogP contribution in [0.3, 0.4) is 0 Å². The van der Waals surface area contributed by atoms with Gasteiger partial charge in [0.1, 0.15) is 16.7 Å². The Morgan fingerprint density at radius 2 is 0.935 bits per heavy atom. The Morgan fingerprint density at radius 3 is 1.76 bits per heavy atom. The standard InChI is InChI=1S/C58H36N2O2/c1-2-12-37(13-3-1)38-24-29-41(30-25-38)59(42-31-26-40(27-32-42)45-18-10-19-48-46-16-7-9-23-54(46)61-57(45)48)43-33-34-47-49-20-11-22-53(58(49)62-55(47)36-43)60-51-21-8-6-17-50(51)56-44-15-5-4-14-39(44)28-35-52(56)60/h1-36H. The number of furan rings is 2. The van der Waals surface area contributed by atoms with E-state index in [0.717, 1.165) is 88.8 Å². The molecule has 290 valence electrons. The molecule has 4 nitrogen and oxygen atoms in total. The van der Waals surface area contributed by atoms with E-state index >= 15 is 0 Å². The molecular weight excluding hydrogens is 757 g/mol. The molecule has 0 spiro atoms. The molecule has 0 aliphatic heterocycles. The summed E-state index contributed by atoms with van der Waals surface area (Å²) >= 11 is 0. The quantitative estimate of drug-likeness (QED) is 0.168. The van der Waals surface area contributed by atoms with Crippen LogP contribution in [0.4, 0.5) is 17.1 Å². The van der Waals surface area contributed by atoms with Crippen LogP contribution in [0.2, 0.25) is 0 Å². The molecule has 0 N–H and O–H groups in total. The summed E-state index contributed by atoms with van der Waals surface area (Å²) in [5, 5.41) is 9.36. The summed E-state index contributed by atoms with van der Waals surface area (Å²) < 4.78 is 15.8. The highest BCUT2D eigenvalue weighted by Crippen LogP contribution is 2.44. The molecule has 10 aromatic carbocycles. The topological polar surface area (TPSA) is 34.5 Å². The first kappa shape index (κ1) is 34.5. The molecule has 0 saturated carbocycles. The van der Waals surface area contributed by atoms with Crippen molar-refractivity contribution in [3.63, 3.8) is 0 Å². The number of nitrogens with zero attached hydrogens (tertiary/aromatic N) is 2. The minimum absolute atomic E-state index is 0.829. The second-order valence-corrected chi connectivity index (χ2v) is 16.0. The molecule has 4 heteroatoms. The van der Waals surface area contributed by atoms with E-state index in [9.17, 15) is 0 Å². The fourth-order valence-corrected chi connectivity index (χ4v) is 9.73. The third-order valence-corrected chi connectivity index (χ3v) is 12.6. The lowest BCUT2D eigenvalue weighted by atomic mass is 10.0. The van der Waals surface area contributed by atoms with E-state index < -0.39 is 0 Å². The molecule has 3 heterocycles. The molecule has 3 aromatic heterocycles. The monoisotopic (exact) mass is 792 g/mol. The predicted octanol–water partition coefficient (Wildman–Crippen LogP) is 16.5. The van der Waals surface area contributed by atoms with E-state index in [4.69, 9.17) is 8.83 Å². The lowest BCUT2D eigenvalue weighted by Gasteiger charge is -2.26. The van der Waals surface area contributed by atoms with Crippen molar-refractivity contribution < 1.29 is 8.83 Å². The normalized spacial score (nSPS) is 11.9. The van der Waals surface area contributed by atoms with Crippen LogP contribution in [0.25, 0.3) is 104 Å². The minimum Gasteiger partial charge on any atom is -0.455 e. The van der Waals surface area contributed by atoms with Crippen molar-refractivity contribution in [1.29, 1.82) is 0 Å². The third kappa shape index (κ3) is 5.27. The molecule has 0 aliphatic carbocycles. The summed E-state index contributed by atoms with van der Waals surface area (Å²) in [4.78, 5) is 2.31. The van der Waals surface area contributed by atoms with E-state index in [1.807, 2.05) is 12.1 Å². The van der Waals surface area contributed by atoms with Gasteiger partial charge in [0, 0.05) is 61.0 Å². The summed E-state index contributed by atoms with van der Waals surface area (Å²) in [7, 11) is 0. The fraction of sp³-hybridized carbons (Fsp3) is 0. The van der Waals surface area contributed by atoms with Crippen LogP contribution in [0.5, 0.6) is 0 Å². The number of hydrogen-bond acceptors (Lipinski definition) is 3. The van der Waals surface area contributed by atoms with Gasteiger partial charge in [-0.05, 0) is 88.1 Å². The molecule has 0 fully saturated rings. The van der Waals surface area contributed by atoms with Crippen LogP contribution in [0.15, 0.2) is 227 Å². The van der Waals surface area contributed by atoms with Crippen LogP contribution in [-0.4, -0.2) is 4.57 Å². The summed E-state index contributed by atoms with van der Waals surface area (Å²) in [5.74, 6) is 0. The Kier molecular flexibility index (Phi) is 7.57. The van der Waals surface area contributed by atoms with Gasteiger partial charge in [-0.2, -0.15) is 0 Å². The highest BCUT2D eigenvalue weighted by Gasteiger charge is 2.21. The molecule has 0 aliphatic rings. The average Bonchev–Trinajstić information content (AvgIpc) is 4.02. The SMILES string of the molecule is c1ccc(-c2ccc(N(c3ccc(-c4cccc5c4oc4ccccc45)cc3)c3ccc4c(c3)oc3c(-n5c6ccccc6c6c7ccccc7ccc65)cccc34)cc2)cc1. The molecule has 0 unspecified atom stereocenters. The van der Waals surface area contributed by atoms with Crippen molar-refractivity contribution >= 4 is 93.5 Å². The van der Waals surface area contributed by atoms with Crippen molar-refractivity contribution in [3.8, 4) is 27.9 Å². The Morgan fingerprint density at radius 1 is 0.339 bits per heavy atom. The Labute approximate surface area is 356 Å². The molecule has 0 radical (unpaired) electrons. The van der Waals surface area contributed by atoms with Gasteiger partial charge in [0.2, 0.25) is 0 Å². The molecule has 13 aromatic rings. The van der Waals surface area contributed by atoms with E-state index in [1.165, 1.54) is 32.7 Å². The zero-order valence-corrected chi connectivity index (χ0v) is 33.5. The number of anilines is 3. The number of aromatic nitrogens is 1. The first-order chi connectivity index (χ1) is 30.7. The van der Waals surface area contributed by atoms with Crippen LogP contribution in [0, 0.1) is 0 Å². The van der Waals surface area contributed by atoms with Crippen LogP contribution in [-0.2, 0) is 0 Å². The number of hydrogen-bond donors (Lipinski definition) is 0. The molecule has 0 amide bonds. The van der Waals surface area contributed by atoms with Crippen LogP contribution in [0.1, 0.15) is 0 Å². The van der Waals surface area contributed by atoms with Crippen molar-refractivity contribution in [2.75, 3.05) is 4.90 Å². The van der Waals surface area contributed by atoms with Gasteiger partial charge in [0.05, 0.1) is 16.7 Å². The maximum atomic E-state index is 7.02. The van der Waals surface area contributed by atoms with Crippen molar-refractivity contribution in [1.82, 2.24) is 4.57 Å². The van der Waals surface area contributed by atoms with Gasteiger partial charge in [-0.25, -0.2) is 0 Å².